The summed E-state index contributed by atoms with van der Waals surface area (Å²) < 4.78 is 5.61. The maximum absolute atomic E-state index is 9.56. The second-order valence-corrected chi connectivity index (χ2v) is 5.64. The lowest BCUT2D eigenvalue weighted by atomic mass is 10.00. The van der Waals surface area contributed by atoms with Crippen molar-refractivity contribution in [2.24, 2.45) is 0 Å². The Kier molecular flexibility index (Phi) is 5.34. The normalized spacial score (nSPS) is 19.7. The number of aliphatic hydroxyl groups excluding tert-OH is 1. The predicted octanol–water partition coefficient (Wildman–Crippen LogP) is 3.57. The fraction of sp³-hybridized carbons (Fsp3) is 0.571. The smallest absolute Gasteiger partial charge is 0.142 e. The lowest BCUT2D eigenvalue weighted by Gasteiger charge is -2.28. The first-order valence-electron chi connectivity index (χ1n) is 6.65. The third kappa shape index (κ3) is 3.76. The van der Waals surface area contributed by atoms with Gasteiger partial charge in [0.15, 0.2) is 0 Å². The van der Waals surface area contributed by atoms with Crippen LogP contribution in [-0.4, -0.2) is 24.4 Å². The molecule has 2 N–H and O–H groups in total. The van der Waals surface area contributed by atoms with Crippen LogP contribution in [0.4, 0.5) is 0 Å². The van der Waals surface area contributed by atoms with Crippen LogP contribution in [0.3, 0.4) is 0 Å². The first-order valence-corrected chi connectivity index (χ1v) is 7.40. The van der Waals surface area contributed by atoms with Gasteiger partial charge in [0, 0.05) is 23.0 Å². The maximum atomic E-state index is 9.56. The predicted molar refractivity (Wildman–Crippen MR) is 78.2 cm³/mol. The van der Waals surface area contributed by atoms with Crippen LogP contribution in [-0.2, 0) is 0 Å². The molecule has 0 aromatic heterocycles. The molecule has 0 spiro atoms. The molecule has 0 radical (unpaired) electrons. The van der Waals surface area contributed by atoms with E-state index in [9.17, 15) is 5.11 Å². The number of aliphatic hydroxyl groups is 1. The van der Waals surface area contributed by atoms with E-state index in [1.807, 2.05) is 13.0 Å². The van der Waals surface area contributed by atoms with E-state index in [-0.39, 0.29) is 12.1 Å². The highest BCUT2D eigenvalue weighted by Crippen LogP contribution is 2.39. The number of hydrogen-bond donors (Lipinski definition) is 2. The zero-order chi connectivity index (χ0) is 13.8. The van der Waals surface area contributed by atoms with Crippen molar-refractivity contribution in [1.82, 2.24) is 5.32 Å². The van der Waals surface area contributed by atoms with E-state index in [2.05, 4.69) is 5.32 Å². The van der Waals surface area contributed by atoms with Gasteiger partial charge in [-0.3, -0.25) is 0 Å². The minimum Gasteiger partial charge on any atom is -0.492 e. The van der Waals surface area contributed by atoms with E-state index in [0.29, 0.717) is 16.7 Å². The molecule has 2 atom stereocenters. The van der Waals surface area contributed by atoms with E-state index in [1.54, 1.807) is 6.07 Å². The van der Waals surface area contributed by atoms with Crippen LogP contribution < -0.4 is 10.1 Å². The van der Waals surface area contributed by atoms with Crippen LogP contribution in [0.15, 0.2) is 12.1 Å². The summed E-state index contributed by atoms with van der Waals surface area (Å²) in [6, 6.07) is 3.78. The Morgan fingerprint density at radius 2 is 2.26 bits per heavy atom. The van der Waals surface area contributed by atoms with Gasteiger partial charge in [-0.2, -0.15) is 0 Å². The van der Waals surface area contributed by atoms with Crippen LogP contribution in [0.1, 0.15) is 37.8 Å². The molecule has 1 aromatic rings. The number of hydrogen-bond acceptors (Lipinski definition) is 3. The third-order valence-electron chi connectivity index (χ3n) is 3.40. The number of fused-ring (bicyclic) bond motifs is 1. The summed E-state index contributed by atoms with van der Waals surface area (Å²) in [7, 11) is 0. The molecule has 2 rings (SSSR count). The van der Waals surface area contributed by atoms with E-state index < -0.39 is 0 Å². The fourth-order valence-corrected chi connectivity index (χ4v) is 2.83. The number of nitrogens with one attached hydrogen (secondary N) is 1. The van der Waals surface area contributed by atoms with Crippen molar-refractivity contribution in [3.63, 3.8) is 0 Å². The van der Waals surface area contributed by atoms with Crippen molar-refractivity contribution in [2.75, 3.05) is 13.2 Å². The molecule has 5 heteroatoms. The summed E-state index contributed by atoms with van der Waals surface area (Å²) in [5.74, 6) is 0.728. The molecule has 2 unspecified atom stereocenters. The number of halogens is 2. The molecule has 106 valence electrons. The molecule has 0 aliphatic carbocycles. The molecule has 0 saturated heterocycles. The molecule has 0 amide bonds. The molecular weight excluding hydrogens is 285 g/mol. The molecular formula is C14H19Cl2NO2. The number of benzene rings is 1. The molecule has 0 fully saturated rings. The van der Waals surface area contributed by atoms with Crippen LogP contribution in [0.25, 0.3) is 0 Å². The molecule has 1 heterocycles. The van der Waals surface area contributed by atoms with Gasteiger partial charge in [0.1, 0.15) is 5.75 Å². The molecule has 1 aliphatic heterocycles. The maximum Gasteiger partial charge on any atom is 0.142 e. The second-order valence-electron chi connectivity index (χ2n) is 4.80. The average molecular weight is 304 g/mol. The Bertz CT molecular complexity index is 440. The Morgan fingerprint density at radius 1 is 1.47 bits per heavy atom. The van der Waals surface area contributed by atoms with Crippen molar-refractivity contribution < 1.29 is 9.84 Å². The number of ether oxygens (including phenoxy) is 1. The van der Waals surface area contributed by atoms with E-state index in [0.717, 1.165) is 37.1 Å². The summed E-state index contributed by atoms with van der Waals surface area (Å²) in [5, 5.41) is 14.2. The van der Waals surface area contributed by atoms with Crippen LogP contribution >= 0.6 is 23.2 Å². The first kappa shape index (κ1) is 14.9. The summed E-state index contributed by atoms with van der Waals surface area (Å²) >= 11 is 12.2. The lowest BCUT2D eigenvalue weighted by molar-refractivity contribution is 0.156. The number of rotatable bonds is 5. The monoisotopic (exact) mass is 303 g/mol. The molecule has 0 saturated carbocycles. The van der Waals surface area contributed by atoms with E-state index in [4.69, 9.17) is 27.9 Å². The van der Waals surface area contributed by atoms with Crippen LogP contribution in [0, 0.1) is 0 Å². The van der Waals surface area contributed by atoms with E-state index >= 15 is 0 Å². The quantitative estimate of drug-likeness (QED) is 0.874. The topological polar surface area (TPSA) is 41.5 Å². The van der Waals surface area contributed by atoms with Gasteiger partial charge >= 0.3 is 0 Å². The summed E-state index contributed by atoms with van der Waals surface area (Å²) in [4.78, 5) is 0. The molecule has 1 aromatic carbocycles. The summed E-state index contributed by atoms with van der Waals surface area (Å²) in [5.41, 5.74) is 1.01. The third-order valence-corrected chi connectivity index (χ3v) is 3.90. The molecule has 0 bridgehead atoms. The van der Waals surface area contributed by atoms with Gasteiger partial charge < -0.3 is 15.2 Å². The second kappa shape index (κ2) is 6.80. The lowest BCUT2D eigenvalue weighted by Crippen LogP contribution is -2.29. The van der Waals surface area contributed by atoms with Gasteiger partial charge in [-0.25, -0.2) is 0 Å². The van der Waals surface area contributed by atoms with Gasteiger partial charge in [-0.05, 0) is 31.5 Å². The summed E-state index contributed by atoms with van der Waals surface area (Å²) in [6.45, 7) is 3.39. The van der Waals surface area contributed by atoms with Crippen molar-refractivity contribution >= 4 is 23.2 Å². The van der Waals surface area contributed by atoms with Gasteiger partial charge in [-0.15, -0.1) is 0 Å². The van der Waals surface area contributed by atoms with Gasteiger partial charge in [0.25, 0.3) is 0 Å². The zero-order valence-electron chi connectivity index (χ0n) is 11.0. The molecule has 19 heavy (non-hydrogen) atoms. The Labute approximate surface area is 123 Å². The van der Waals surface area contributed by atoms with Gasteiger partial charge in [-0.1, -0.05) is 30.1 Å². The fourth-order valence-electron chi connectivity index (χ4n) is 2.27. The van der Waals surface area contributed by atoms with Gasteiger partial charge in [0.05, 0.1) is 17.7 Å². The Balaban J connectivity index is 2.05. The van der Waals surface area contributed by atoms with Crippen LogP contribution in [0.2, 0.25) is 10.0 Å². The highest BCUT2D eigenvalue weighted by atomic mass is 35.5. The van der Waals surface area contributed by atoms with Crippen LogP contribution in [0.5, 0.6) is 5.75 Å². The SMILES string of the molecule is CCC(O)CCNC1CCOc2c(Cl)cc(Cl)cc21. The Morgan fingerprint density at radius 3 is 3.00 bits per heavy atom. The minimum atomic E-state index is -0.241. The highest BCUT2D eigenvalue weighted by Gasteiger charge is 2.23. The zero-order valence-corrected chi connectivity index (χ0v) is 12.5. The van der Waals surface area contributed by atoms with Crippen molar-refractivity contribution in [1.29, 1.82) is 0 Å². The summed E-state index contributed by atoms with van der Waals surface area (Å²) in [6.07, 6.45) is 2.17. The van der Waals surface area contributed by atoms with E-state index in [1.165, 1.54) is 0 Å². The Hall–Kier alpha value is -0.480. The molecule has 3 nitrogen and oxygen atoms in total. The standard InChI is InChI=1S/C14H19Cl2NO2/c1-2-10(18)3-5-17-13-4-6-19-14-11(13)7-9(15)8-12(14)16/h7-8,10,13,17-18H,2-6H2,1H3. The molecule has 1 aliphatic rings. The highest BCUT2D eigenvalue weighted by molar-refractivity contribution is 6.35. The van der Waals surface area contributed by atoms with Gasteiger partial charge in [0.2, 0.25) is 0 Å². The van der Waals surface area contributed by atoms with Crippen molar-refractivity contribution in [2.45, 2.75) is 38.3 Å². The minimum absolute atomic E-state index is 0.184. The average Bonchev–Trinajstić information content (AvgIpc) is 2.39. The van der Waals surface area contributed by atoms with Crippen molar-refractivity contribution in [3.05, 3.63) is 27.7 Å². The largest absolute Gasteiger partial charge is 0.492 e. The first-order chi connectivity index (χ1) is 9.11. The van der Waals surface area contributed by atoms with Crippen molar-refractivity contribution in [3.8, 4) is 5.75 Å².